The predicted molar refractivity (Wildman–Crippen MR) is 80.0 cm³/mol. The molecular weight excluding hydrogens is 250 g/mol. The average Bonchev–Trinajstić information content (AvgIpc) is 2.90. The molecule has 0 fully saturated rings. The molecule has 0 bridgehead atoms. The fourth-order valence-electron chi connectivity index (χ4n) is 2.29. The Morgan fingerprint density at radius 1 is 1.15 bits per heavy atom. The second-order valence-electron chi connectivity index (χ2n) is 4.78. The molecule has 2 heterocycles. The Bertz CT molecular complexity index is 789. The van der Waals surface area contributed by atoms with Crippen molar-refractivity contribution in [1.29, 1.82) is 0 Å². The molecule has 20 heavy (non-hydrogen) atoms. The molecule has 0 spiro atoms. The highest BCUT2D eigenvalue weighted by Gasteiger charge is 2.12. The summed E-state index contributed by atoms with van der Waals surface area (Å²) in [6.45, 7) is 3.82. The molecule has 100 valence electrons. The molecule has 0 aliphatic carbocycles. The first-order valence-electron chi connectivity index (χ1n) is 6.47. The summed E-state index contributed by atoms with van der Waals surface area (Å²) in [7, 11) is 0. The minimum atomic E-state index is -0.121. The molecule has 0 aliphatic heterocycles. The van der Waals surface area contributed by atoms with Gasteiger partial charge in [-0.2, -0.15) is 0 Å². The van der Waals surface area contributed by atoms with Gasteiger partial charge in [0.15, 0.2) is 0 Å². The summed E-state index contributed by atoms with van der Waals surface area (Å²) in [5.74, 6) is -0.121. The number of pyridine rings is 1. The second kappa shape index (κ2) is 4.81. The number of hydrogen-bond donors (Lipinski definition) is 2. The summed E-state index contributed by atoms with van der Waals surface area (Å²) in [6, 6.07) is 11.3. The van der Waals surface area contributed by atoms with Crippen LogP contribution in [0.3, 0.4) is 0 Å². The van der Waals surface area contributed by atoms with Crippen molar-refractivity contribution in [3.8, 4) is 0 Å². The Balaban J connectivity index is 1.95. The van der Waals surface area contributed by atoms with Gasteiger partial charge in [-0.25, -0.2) is 0 Å². The second-order valence-corrected chi connectivity index (χ2v) is 4.78. The number of amides is 1. The molecule has 4 heteroatoms. The van der Waals surface area contributed by atoms with Crippen LogP contribution in [0.1, 0.15) is 21.7 Å². The van der Waals surface area contributed by atoms with Gasteiger partial charge >= 0.3 is 0 Å². The standard InChI is InChI=1S/C16H15N3O/c1-10-6-7-14(11(2)18-10)19-16(20)13-4-3-5-15-12(13)8-9-17-15/h3-9,17H,1-2H3,(H,19,20). The zero-order chi connectivity index (χ0) is 14.1. The fourth-order valence-corrected chi connectivity index (χ4v) is 2.29. The van der Waals surface area contributed by atoms with Gasteiger partial charge < -0.3 is 10.3 Å². The molecule has 0 radical (unpaired) electrons. The summed E-state index contributed by atoms with van der Waals surface area (Å²) in [5, 5.41) is 3.84. The van der Waals surface area contributed by atoms with E-state index in [4.69, 9.17) is 0 Å². The van der Waals surface area contributed by atoms with Gasteiger partial charge in [-0.1, -0.05) is 6.07 Å². The summed E-state index contributed by atoms with van der Waals surface area (Å²) in [4.78, 5) is 19.9. The SMILES string of the molecule is Cc1ccc(NC(=O)c2cccc3[nH]ccc23)c(C)n1. The number of fused-ring (bicyclic) bond motifs is 1. The molecule has 2 aromatic heterocycles. The number of nitrogens with zero attached hydrogens (tertiary/aromatic N) is 1. The molecule has 3 aromatic rings. The van der Waals surface area contributed by atoms with E-state index in [0.717, 1.165) is 28.0 Å². The lowest BCUT2D eigenvalue weighted by Crippen LogP contribution is -2.13. The van der Waals surface area contributed by atoms with Gasteiger partial charge in [0.25, 0.3) is 5.91 Å². The van der Waals surface area contributed by atoms with Crippen LogP contribution in [0.4, 0.5) is 5.69 Å². The van der Waals surface area contributed by atoms with Crippen molar-refractivity contribution in [3.05, 3.63) is 59.5 Å². The van der Waals surface area contributed by atoms with E-state index in [9.17, 15) is 4.79 Å². The lowest BCUT2D eigenvalue weighted by Gasteiger charge is -2.09. The van der Waals surface area contributed by atoms with Gasteiger partial charge in [-0.05, 0) is 44.2 Å². The van der Waals surface area contributed by atoms with Gasteiger partial charge in [0.1, 0.15) is 0 Å². The zero-order valence-electron chi connectivity index (χ0n) is 11.4. The lowest BCUT2D eigenvalue weighted by atomic mass is 10.1. The van der Waals surface area contributed by atoms with Crippen LogP contribution in [-0.4, -0.2) is 15.9 Å². The molecule has 0 unspecified atom stereocenters. The van der Waals surface area contributed by atoms with Crippen molar-refractivity contribution in [1.82, 2.24) is 9.97 Å². The molecule has 1 amide bonds. The number of hydrogen-bond acceptors (Lipinski definition) is 2. The first-order valence-corrected chi connectivity index (χ1v) is 6.47. The van der Waals surface area contributed by atoms with Crippen molar-refractivity contribution >= 4 is 22.5 Å². The number of aryl methyl sites for hydroxylation is 2. The largest absolute Gasteiger partial charge is 0.361 e. The fraction of sp³-hybridized carbons (Fsp3) is 0.125. The molecule has 0 aliphatic rings. The number of aromatic nitrogens is 2. The van der Waals surface area contributed by atoms with Crippen LogP contribution in [0.2, 0.25) is 0 Å². The number of carbonyl (C=O) groups is 1. The number of H-pyrrole nitrogens is 1. The molecule has 0 saturated carbocycles. The number of rotatable bonds is 2. The lowest BCUT2D eigenvalue weighted by molar-refractivity contribution is 0.102. The summed E-state index contributed by atoms with van der Waals surface area (Å²) < 4.78 is 0. The van der Waals surface area contributed by atoms with Crippen molar-refractivity contribution < 1.29 is 4.79 Å². The molecule has 4 nitrogen and oxygen atoms in total. The van der Waals surface area contributed by atoms with Crippen LogP contribution in [0.5, 0.6) is 0 Å². The van der Waals surface area contributed by atoms with E-state index in [-0.39, 0.29) is 5.91 Å². The first-order chi connectivity index (χ1) is 9.65. The van der Waals surface area contributed by atoms with Crippen molar-refractivity contribution in [2.45, 2.75) is 13.8 Å². The maximum atomic E-state index is 12.4. The number of benzene rings is 1. The van der Waals surface area contributed by atoms with E-state index in [0.29, 0.717) is 5.56 Å². The highest BCUT2D eigenvalue weighted by molar-refractivity contribution is 6.12. The number of aromatic amines is 1. The van der Waals surface area contributed by atoms with E-state index in [1.165, 1.54) is 0 Å². The van der Waals surface area contributed by atoms with Crippen LogP contribution in [-0.2, 0) is 0 Å². The Labute approximate surface area is 116 Å². The Hall–Kier alpha value is -2.62. The van der Waals surface area contributed by atoms with Crippen LogP contribution >= 0.6 is 0 Å². The van der Waals surface area contributed by atoms with E-state index >= 15 is 0 Å². The quantitative estimate of drug-likeness (QED) is 0.745. The van der Waals surface area contributed by atoms with Crippen LogP contribution in [0.15, 0.2) is 42.6 Å². The summed E-state index contributed by atoms with van der Waals surface area (Å²) in [5.41, 5.74) is 4.11. The Morgan fingerprint density at radius 2 is 2.00 bits per heavy atom. The minimum Gasteiger partial charge on any atom is -0.361 e. The topological polar surface area (TPSA) is 57.8 Å². The van der Waals surface area contributed by atoms with E-state index in [1.807, 2.05) is 56.4 Å². The van der Waals surface area contributed by atoms with E-state index < -0.39 is 0 Å². The number of nitrogens with one attached hydrogen (secondary N) is 2. The minimum absolute atomic E-state index is 0.121. The number of carbonyl (C=O) groups excluding carboxylic acids is 1. The van der Waals surface area contributed by atoms with Crippen molar-refractivity contribution in [2.24, 2.45) is 0 Å². The molecule has 3 rings (SSSR count). The van der Waals surface area contributed by atoms with Gasteiger partial charge in [0.05, 0.1) is 11.4 Å². The van der Waals surface area contributed by atoms with Crippen molar-refractivity contribution in [2.75, 3.05) is 5.32 Å². The average molecular weight is 265 g/mol. The third-order valence-electron chi connectivity index (χ3n) is 3.31. The third-order valence-corrected chi connectivity index (χ3v) is 3.31. The van der Waals surface area contributed by atoms with Crippen LogP contribution in [0.25, 0.3) is 10.9 Å². The van der Waals surface area contributed by atoms with Crippen LogP contribution in [0, 0.1) is 13.8 Å². The highest BCUT2D eigenvalue weighted by atomic mass is 16.1. The van der Waals surface area contributed by atoms with Gasteiger partial charge in [-0.15, -0.1) is 0 Å². The normalized spacial score (nSPS) is 10.7. The van der Waals surface area contributed by atoms with E-state index in [2.05, 4.69) is 15.3 Å². The molecule has 2 N–H and O–H groups in total. The van der Waals surface area contributed by atoms with Crippen LogP contribution < -0.4 is 5.32 Å². The zero-order valence-corrected chi connectivity index (χ0v) is 11.4. The molecule has 0 atom stereocenters. The predicted octanol–water partition coefficient (Wildman–Crippen LogP) is 3.43. The smallest absolute Gasteiger partial charge is 0.256 e. The Kier molecular flexibility index (Phi) is 2.99. The Morgan fingerprint density at radius 3 is 2.80 bits per heavy atom. The van der Waals surface area contributed by atoms with Gasteiger partial charge in [0.2, 0.25) is 0 Å². The van der Waals surface area contributed by atoms with E-state index in [1.54, 1.807) is 0 Å². The van der Waals surface area contributed by atoms with Crippen molar-refractivity contribution in [3.63, 3.8) is 0 Å². The maximum Gasteiger partial charge on any atom is 0.256 e. The van der Waals surface area contributed by atoms with Gasteiger partial charge in [0, 0.05) is 28.4 Å². The molecule has 1 aromatic carbocycles. The summed E-state index contributed by atoms with van der Waals surface area (Å²) >= 11 is 0. The highest BCUT2D eigenvalue weighted by Crippen LogP contribution is 2.20. The third kappa shape index (κ3) is 2.16. The monoisotopic (exact) mass is 265 g/mol. The van der Waals surface area contributed by atoms with Gasteiger partial charge in [-0.3, -0.25) is 9.78 Å². The number of anilines is 1. The molecule has 0 saturated heterocycles. The molecular formula is C16H15N3O. The summed E-state index contributed by atoms with van der Waals surface area (Å²) in [6.07, 6.45) is 1.83. The maximum absolute atomic E-state index is 12.4. The first kappa shape index (κ1) is 12.4.